The summed E-state index contributed by atoms with van der Waals surface area (Å²) in [6, 6.07) is 10.1. The lowest BCUT2D eigenvalue weighted by Crippen LogP contribution is -1.94. The monoisotopic (exact) mass is 338 g/mol. The molecule has 100 valence electrons. The number of benzene rings is 2. The van der Waals surface area contributed by atoms with Gasteiger partial charge in [-0.1, -0.05) is 22.0 Å². The Morgan fingerprint density at radius 2 is 1.79 bits per heavy atom. The SMILES string of the molecule is Cc1cc(C)c(C)c(Oc2ccc(Br)cc2CCl)c1. The Morgan fingerprint density at radius 3 is 2.47 bits per heavy atom. The molecule has 0 bridgehead atoms. The Labute approximate surface area is 127 Å². The molecule has 0 atom stereocenters. The average molecular weight is 340 g/mol. The van der Waals surface area contributed by atoms with Gasteiger partial charge in [0.2, 0.25) is 0 Å². The molecule has 19 heavy (non-hydrogen) atoms. The summed E-state index contributed by atoms with van der Waals surface area (Å²) in [6.45, 7) is 6.24. The van der Waals surface area contributed by atoms with Crippen molar-refractivity contribution < 1.29 is 4.74 Å². The van der Waals surface area contributed by atoms with E-state index in [1.807, 2.05) is 18.2 Å². The second kappa shape index (κ2) is 5.98. The molecular weight excluding hydrogens is 324 g/mol. The zero-order valence-corrected chi connectivity index (χ0v) is 13.6. The molecule has 0 heterocycles. The van der Waals surface area contributed by atoms with Crippen LogP contribution in [-0.2, 0) is 5.88 Å². The van der Waals surface area contributed by atoms with E-state index in [-0.39, 0.29) is 0 Å². The lowest BCUT2D eigenvalue weighted by molar-refractivity contribution is 0.473. The first kappa shape index (κ1) is 14.4. The van der Waals surface area contributed by atoms with E-state index in [1.54, 1.807) is 0 Å². The predicted molar refractivity (Wildman–Crippen MR) is 84.4 cm³/mol. The molecule has 0 amide bonds. The average Bonchev–Trinajstić information content (AvgIpc) is 2.37. The summed E-state index contributed by atoms with van der Waals surface area (Å²) in [5, 5.41) is 0. The van der Waals surface area contributed by atoms with Crippen LogP contribution in [0.15, 0.2) is 34.8 Å². The molecule has 0 aliphatic heterocycles. The van der Waals surface area contributed by atoms with Gasteiger partial charge in [0.25, 0.3) is 0 Å². The number of hydrogen-bond acceptors (Lipinski definition) is 1. The summed E-state index contributed by atoms with van der Waals surface area (Å²) in [4.78, 5) is 0. The van der Waals surface area contributed by atoms with Crippen LogP contribution >= 0.6 is 27.5 Å². The van der Waals surface area contributed by atoms with Crippen molar-refractivity contribution in [2.75, 3.05) is 0 Å². The molecule has 0 saturated heterocycles. The van der Waals surface area contributed by atoms with Crippen molar-refractivity contribution in [2.45, 2.75) is 26.7 Å². The molecule has 2 rings (SSSR count). The van der Waals surface area contributed by atoms with Gasteiger partial charge >= 0.3 is 0 Å². The van der Waals surface area contributed by atoms with Crippen LogP contribution in [-0.4, -0.2) is 0 Å². The summed E-state index contributed by atoms with van der Waals surface area (Å²) in [5.41, 5.74) is 4.57. The molecular formula is C16H16BrClO. The third-order valence-corrected chi connectivity index (χ3v) is 3.93. The standard InChI is InChI=1S/C16H16BrClO/c1-10-6-11(2)12(3)16(7-10)19-15-5-4-14(17)8-13(15)9-18/h4-8H,9H2,1-3H3. The Kier molecular flexibility index (Phi) is 4.54. The summed E-state index contributed by atoms with van der Waals surface area (Å²) in [5.74, 6) is 2.14. The first-order chi connectivity index (χ1) is 9.01. The number of alkyl halides is 1. The van der Waals surface area contributed by atoms with E-state index in [9.17, 15) is 0 Å². The Balaban J connectivity index is 2.41. The van der Waals surface area contributed by atoms with Gasteiger partial charge in [-0.05, 0) is 61.7 Å². The van der Waals surface area contributed by atoms with Crippen molar-refractivity contribution in [3.63, 3.8) is 0 Å². The van der Waals surface area contributed by atoms with Gasteiger partial charge in [0.15, 0.2) is 0 Å². The van der Waals surface area contributed by atoms with Gasteiger partial charge in [-0.25, -0.2) is 0 Å². The smallest absolute Gasteiger partial charge is 0.131 e. The van der Waals surface area contributed by atoms with Crippen LogP contribution in [0.1, 0.15) is 22.3 Å². The van der Waals surface area contributed by atoms with Crippen LogP contribution < -0.4 is 4.74 Å². The molecule has 0 unspecified atom stereocenters. The van der Waals surface area contributed by atoms with Gasteiger partial charge < -0.3 is 4.74 Å². The van der Waals surface area contributed by atoms with Crippen LogP contribution in [0.4, 0.5) is 0 Å². The first-order valence-electron chi connectivity index (χ1n) is 6.11. The van der Waals surface area contributed by atoms with Gasteiger partial charge in [-0.15, -0.1) is 11.6 Å². The highest BCUT2D eigenvalue weighted by Gasteiger charge is 2.09. The first-order valence-corrected chi connectivity index (χ1v) is 7.44. The van der Waals surface area contributed by atoms with Crippen molar-refractivity contribution in [2.24, 2.45) is 0 Å². The highest BCUT2D eigenvalue weighted by atomic mass is 79.9. The molecule has 0 N–H and O–H groups in total. The maximum Gasteiger partial charge on any atom is 0.131 e. The molecule has 0 aliphatic carbocycles. The van der Waals surface area contributed by atoms with Crippen LogP contribution in [0.5, 0.6) is 11.5 Å². The van der Waals surface area contributed by atoms with Gasteiger partial charge in [0.1, 0.15) is 11.5 Å². The fraction of sp³-hybridized carbons (Fsp3) is 0.250. The summed E-state index contributed by atoms with van der Waals surface area (Å²) in [7, 11) is 0. The second-order valence-electron chi connectivity index (χ2n) is 4.69. The van der Waals surface area contributed by atoms with Crippen LogP contribution in [0.25, 0.3) is 0 Å². The van der Waals surface area contributed by atoms with E-state index in [0.29, 0.717) is 5.88 Å². The second-order valence-corrected chi connectivity index (χ2v) is 5.88. The summed E-state index contributed by atoms with van der Waals surface area (Å²) in [6.07, 6.45) is 0. The van der Waals surface area contributed by atoms with E-state index < -0.39 is 0 Å². The minimum Gasteiger partial charge on any atom is -0.457 e. The van der Waals surface area contributed by atoms with Gasteiger partial charge in [-0.3, -0.25) is 0 Å². The van der Waals surface area contributed by atoms with Gasteiger partial charge in [0.05, 0.1) is 5.88 Å². The van der Waals surface area contributed by atoms with E-state index in [0.717, 1.165) is 27.1 Å². The van der Waals surface area contributed by atoms with Crippen molar-refractivity contribution in [3.05, 3.63) is 57.1 Å². The zero-order valence-electron chi connectivity index (χ0n) is 11.3. The molecule has 3 heteroatoms. The number of rotatable bonds is 3. The highest BCUT2D eigenvalue weighted by molar-refractivity contribution is 9.10. The summed E-state index contributed by atoms with van der Waals surface area (Å²) >= 11 is 9.42. The largest absolute Gasteiger partial charge is 0.457 e. The lowest BCUT2D eigenvalue weighted by Gasteiger charge is -2.14. The van der Waals surface area contributed by atoms with Gasteiger partial charge in [0, 0.05) is 10.0 Å². The molecule has 0 aromatic heterocycles. The molecule has 0 spiro atoms. The Morgan fingerprint density at radius 1 is 1.05 bits per heavy atom. The maximum absolute atomic E-state index is 6.04. The van der Waals surface area contributed by atoms with Crippen LogP contribution in [0, 0.1) is 20.8 Å². The van der Waals surface area contributed by atoms with Crippen LogP contribution in [0.3, 0.4) is 0 Å². The number of ether oxygens (including phenoxy) is 1. The molecule has 0 fully saturated rings. The highest BCUT2D eigenvalue weighted by Crippen LogP contribution is 2.32. The number of hydrogen-bond donors (Lipinski definition) is 0. The normalized spacial score (nSPS) is 10.6. The molecule has 0 aliphatic rings. The van der Waals surface area contributed by atoms with Gasteiger partial charge in [-0.2, -0.15) is 0 Å². The van der Waals surface area contributed by atoms with Crippen molar-refractivity contribution in [1.82, 2.24) is 0 Å². The minimum atomic E-state index is 0.429. The molecule has 1 nitrogen and oxygen atoms in total. The zero-order chi connectivity index (χ0) is 14.0. The number of aryl methyl sites for hydroxylation is 2. The predicted octanol–water partition coefficient (Wildman–Crippen LogP) is 5.91. The van der Waals surface area contributed by atoms with E-state index in [4.69, 9.17) is 16.3 Å². The van der Waals surface area contributed by atoms with Crippen molar-refractivity contribution in [3.8, 4) is 11.5 Å². The fourth-order valence-corrected chi connectivity index (χ4v) is 2.59. The third-order valence-electron chi connectivity index (χ3n) is 3.15. The summed E-state index contributed by atoms with van der Waals surface area (Å²) < 4.78 is 7.05. The molecule has 2 aromatic carbocycles. The Bertz CT molecular complexity index is 608. The molecule has 0 radical (unpaired) electrons. The Hall–Kier alpha value is -0.990. The molecule has 2 aromatic rings. The maximum atomic E-state index is 6.04. The third kappa shape index (κ3) is 3.31. The lowest BCUT2D eigenvalue weighted by atomic mass is 10.1. The topological polar surface area (TPSA) is 9.23 Å². The fourth-order valence-electron chi connectivity index (χ4n) is 1.98. The van der Waals surface area contributed by atoms with Crippen molar-refractivity contribution in [1.29, 1.82) is 0 Å². The molecule has 0 saturated carbocycles. The quantitative estimate of drug-likeness (QED) is 0.632. The van der Waals surface area contributed by atoms with E-state index in [2.05, 4.69) is 48.8 Å². The van der Waals surface area contributed by atoms with Crippen molar-refractivity contribution >= 4 is 27.5 Å². The van der Waals surface area contributed by atoms with E-state index in [1.165, 1.54) is 11.1 Å². The minimum absolute atomic E-state index is 0.429. The van der Waals surface area contributed by atoms with E-state index >= 15 is 0 Å². The number of halogens is 2. The van der Waals surface area contributed by atoms with Crippen LogP contribution in [0.2, 0.25) is 0 Å².